The number of hydrogen-bond acceptors (Lipinski definition) is 3. The minimum absolute atomic E-state index is 0.751. The molecule has 19 heavy (non-hydrogen) atoms. The largest absolute Gasteiger partial charge is 0.309 e. The maximum absolute atomic E-state index is 4.80. The van der Waals surface area contributed by atoms with Crippen molar-refractivity contribution in [3.8, 4) is 10.6 Å². The van der Waals surface area contributed by atoms with Crippen molar-refractivity contribution in [3.63, 3.8) is 0 Å². The molecule has 2 aromatic rings. The topological polar surface area (TPSA) is 24.9 Å². The van der Waals surface area contributed by atoms with E-state index in [1.54, 1.807) is 0 Å². The molecule has 2 nitrogen and oxygen atoms in total. The van der Waals surface area contributed by atoms with Crippen LogP contribution < -0.4 is 5.32 Å². The summed E-state index contributed by atoms with van der Waals surface area (Å²) < 4.78 is 1.11. The predicted octanol–water partition coefficient (Wildman–Crippen LogP) is 4.39. The zero-order chi connectivity index (χ0) is 13.2. The number of rotatable bonds is 5. The average molecular weight is 337 g/mol. The van der Waals surface area contributed by atoms with Gasteiger partial charge in [-0.3, -0.25) is 0 Å². The van der Waals surface area contributed by atoms with E-state index in [-0.39, 0.29) is 0 Å². The minimum Gasteiger partial charge on any atom is -0.309 e. The molecule has 1 saturated carbocycles. The zero-order valence-corrected chi connectivity index (χ0v) is 13.4. The fourth-order valence-corrected chi connectivity index (χ4v) is 3.56. The van der Waals surface area contributed by atoms with Gasteiger partial charge in [-0.25, -0.2) is 4.98 Å². The zero-order valence-electron chi connectivity index (χ0n) is 10.9. The molecule has 0 atom stereocenters. The van der Waals surface area contributed by atoms with Gasteiger partial charge in [-0.05, 0) is 31.4 Å². The molecule has 4 heteroatoms. The molecule has 1 aromatic carbocycles. The van der Waals surface area contributed by atoms with Crippen LogP contribution in [0.3, 0.4) is 0 Å². The van der Waals surface area contributed by atoms with Gasteiger partial charge in [0, 0.05) is 27.5 Å². The fraction of sp³-hybridized carbons (Fsp3) is 0.400. The van der Waals surface area contributed by atoms with Gasteiger partial charge < -0.3 is 5.32 Å². The molecule has 1 aliphatic carbocycles. The van der Waals surface area contributed by atoms with E-state index in [1.165, 1.54) is 29.0 Å². The highest BCUT2D eigenvalue weighted by Gasteiger charge is 2.21. The molecule has 3 rings (SSSR count). The van der Waals surface area contributed by atoms with Crippen LogP contribution in [0.1, 0.15) is 30.3 Å². The van der Waals surface area contributed by atoms with Crippen LogP contribution in [0.15, 0.2) is 28.7 Å². The summed E-state index contributed by atoms with van der Waals surface area (Å²) >= 11 is 5.35. The van der Waals surface area contributed by atoms with Crippen molar-refractivity contribution in [2.24, 2.45) is 0 Å². The lowest BCUT2D eigenvalue weighted by Gasteiger charge is -2.00. The first-order valence-electron chi connectivity index (χ1n) is 6.74. The Morgan fingerprint density at radius 3 is 2.95 bits per heavy atom. The molecular formula is C15H17BrN2S. The number of thiazole rings is 1. The highest BCUT2D eigenvalue weighted by Crippen LogP contribution is 2.30. The molecule has 1 fully saturated rings. The highest BCUT2D eigenvalue weighted by atomic mass is 79.9. The van der Waals surface area contributed by atoms with Gasteiger partial charge in [0.15, 0.2) is 0 Å². The van der Waals surface area contributed by atoms with E-state index in [2.05, 4.69) is 46.4 Å². The maximum Gasteiger partial charge on any atom is 0.123 e. The Morgan fingerprint density at radius 2 is 2.26 bits per heavy atom. The lowest BCUT2D eigenvalue weighted by molar-refractivity contribution is 0.689. The molecule has 1 aliphatic rings. The van der Waals surface area contributed by atoms with Crippen LogP contribution in [0.4, 0.5) is 0 Å². The lowest BCUT2D eigenvalue weighted by Crippen LogP contribution is -2.15. The quantitative estimate of drug-likeness (QED) is 0.875. The van der Waals surface area contributed by atoms with Gasteiger partial charge in [-0.1, -0.05) is 35.0 Å². The second-order valence-corrected chi connectivity index (χ2v) is 6.91. The minimum atomic E-state index is 0.751. The van der Waals surface area contributed by atoms with Crippen molar-refractivity contribution >= 4 is 27.3 Å². The van der Waals surface area contributed by atoms with Crippen LogP contribution in [-0.2, 0) is 13.0 Å². The number of hydrogen-bond donors (Lipinski definition) is 1. The Bertz CT molecular complexity index is 575. The molecule has 0 bridgehead atoms. The molecule has 100 valence electrons. The predicted molar refractivity (Wildman–Crippen MR) is 84.5 cm³/mol. The van der Waals surface area contributed by atoms with Crippen LogP contribution >= 0.6 is 27.3 Å². The molecular weight excluding hydrogens is 320 g/mol. The number of nitrogens with zero attached hydrogens (tertiary/aromatic N) is 1. The smallest absolute Gasteiger partial charge is 0.123 e. The van der Waals surface area contributed by atoms with E-state index in [0.717, 1.165) is 28.5 Å². The molecule has 1 aromatic heterocycles. The van der Waals surface area contributed by atoms with Crippen molar-refractivity contribution in [2.45, 2.75) is 38.8 Å². The molecule has 0 amide bonds. The van der Waals surface area contributed by atoms with Crippen molar-refractivity contribution in [2.75, 3.05) is 0 Å². The summed E-state index contributed by atoms with van der Waals surface area (Å²) in [5.41, 5.74) is 2.44. The van der Waals surface area contributed by atoms with Gasteiger partial charge in [-0.2, -0.15) is 0 Å². The Kier molecular flexibility index (Phi) is 4.01. The van der Waals surface area contributed by atoms with Gasteiger partial charge >= 0.3 is 0 Å². The second kappa shape index (κ2) is 5.73. The van der Waals surface area contributed by atoms with Crippen molar-refractivity contribution in [1.29, 1.82) is 0 Å². The summed E-state index contributed by atoms with van der Waals surface area (Å²) in [6, 6.07) is 9.13. The first kappa shape index (κ1) is 13.3. The average Bonchev–Trinajstić information content (AvgIpc) is 3.15. The summed E-state index contributed by atoms with van der Waals surface area (Å²) in [7, 11) is 0. The summed E-state index contributed by atoms with van der Waals surface area (Å²) in [5.74, 6) is 0. The van der Waals surface area contributed by atoms with Crippen LogP contribution in [0.25, 0.3) is 10.6 Å². The second-order valence-electron chi connectivity index (χ2n) is 4.91. The Labute approximate surface area is 126 Å². The van der Waals surface area contributed by atoms with Gasteiger partial charge in [0.2, 0.25) is 0 Å². The van der Waals surface area contributed by atoms with Crippen LogP contribution in [0, 0.1) is 0 Å². The summed E-state index contributed by atoms with van der Waals surface area (Å²) in [6.07, 6.45) is 3.67. The third kappa shape index (κ3) is 3.25. The van der Waals surface area contributed by atoms with E-state index in [0.29, 0.717) is 0 Å². The third-order valence-corrected chi connectivity index (χ3v) is 4.95. The number of benzene rings is 1. The van der Waals surface area contributed by atoms with Gasteiger partial charge in [0.05, 0.1) is 5.69 Å². The SMILES string of the molecule is CCc1nc(-c2cccc(Br)c2)sc1CNC1CC1. The number of aryl methyl sites for hydroxylation is 1. The lowest BCUT2D eigenvalue weighted by atomic mass is 10.2. The molecule has 0 radical (unpaired) electrons. The van der Waals surface area contributed by atoms with Crippen molar-refractivity contribution < 1.29 is 0 Å². The fourth-order valence-electron chi connectivity index (χ4n) is 2.07. The van der Waals surface area contributed by atoms with Gasteiger partial charge in [-0.15, -0.1) is 11.3 Å². The molecule has 0 unspecified atom stereocenters. The van der Waals surface area contributed by atoms with Gasteiger partial charge in [0.1, 0.15) is 5.01 Å². The molecule has 0 saturated heterocycles. The summed E-state index contributed by atoms with van der Waals surface area (Å²) in [4.78, 5) is 6.19. The Hall–Kier alpha value is -0.710. The molecule has 0 aliphatic heterocycles. The standard InChI is InChI=1S/C15H17BrN2S/c1-2-13-14(9-17-12-6-7-12)19-15(18-13)10-4-3-5-11(16)8-10/h3-5,8,12,17H,2,6-7,9H2,1H3. The first-order valence-corrected chi connectivity index (χ1v) is 8.35. The normalized spacial score (nSPS) is 14.8. The van der Waals surface area contributed by atoms with E-state index in [9.17, 15) is 0 Å². The maximum atomic E-state index is 4.80. The van der Waals surface area contributed by atoms with E-state index in [1.807, 2.05) is 17.4 Å². The number of halogens is 1. The van der Waals surface area contributed by atoms with Crippen LogP contribution in [-0.4, -0.2) is 11.0 Å². The first-order chi connectivity index (χ1) is 9.26. The van der Waals surface area contributed by atoms with Crippen molar-refractivity contribution in [1.82, 2.24) is 10.3 Å². The Morgan fingerprint density at radius 1 is 1.42 bits per heavy atom. The summed E-state index contributed by atoms with van der Waals surface area (Å²) in [6.45, 7) is 3.15. The monoisotopic (exact) mass is 336 g/mol. The van der Waals surface area contributed by atoms with E-state index in [4.69, 9.17) is 4.98 Å². The highest BCUT2D eigenvalue weighted by molar-refractivity contribution is 9.10. The van der Waals surface area contributed by atoms with Crippen molar-refractivity contribution in [3.05, 3.63) is 39.3 Å². The van der Waals surface area contributed by atoms with Gasteiger partial charge in [0.25, 0.3) is 0 Å². The third-order valence-electron chi connectivity index (χ3n) is 3.31. The Balaban J connectivity index is 1.85. The van der Waals surface area contributed by atoms with Crippen LogP contribution in [0.2, 0.25) is 0 Å². The summed E-state index contributed by atoms with van der Waals surface area (Å²) in [5, 5.41) is 4.72. The number of aromatic nitrogens is 1. The van der Waals surface area contributed by atoms with Crippen LogP contribution in [0.5, 0.6) is 0 Å². The molecule has 1 N–H and O–H groups in total. The molecule has 1 heterocycles. The number of nitrogens with one attached hydrogen (secondary N) is 1. The van der Waals surface area contributed by atoms with E-state index >= 15 is 0 Å². The molecule has 0 spiro atoms. The van der Waals surface area contributed by atoms with E-state index < -0.39 is 0 Å².